The van der Waals surface area contributed by atoms with Crippen LogP contribution in [-0.4, -0.2) is 28.9 Å². The van der Waals surface area contributed by atoms with Crippen LogP contribution in [0.1, 0.15) is 34.8 Å². The zero-order chi connectivity index (χ0) is 18.9. The van der Waals surface area contributed by atoms with Crippen molar-refractivity contribution in [2.75, 3.05) is 0 Å². The van der Waals surface area contributed by atoms with Gasteiger partial charge in [0.2, 0.25) is 11.8 Å². The van der Waals surface area contributed by atoms with Crippen LogP contribution < -0.4 is 10.6 Å². The molecule has 0 aliphatic carbocycles. The highest BCUT2D eigenvalue weighted by atomic mass is 16.4. The summed E-state index contributed by atoms with van der Waals surface area (Å²) >= 11 is 0. The maximum Gasteiger partial charge on any atom is 0.335 e. The molecule has 0 radical (unpaired) electrons. The maximum atomic E-state index is 12.0. The van der Waals surface area contributed by atoms with E-state index >= 15 is 0 Å². The first-order valence-corrected chi connectivity index (χ1v) is 8.39. The number of amides is 2. The summed E-state index contributed by atoms with van der Waals surface area (Å²) in [5.41, 5.74) is 2.07. The number of hydrogen-bond acceptors (Lipinski definition) is 3. The monoisotopic (exact) mass is 354 g/mol. The molecule has 0 aromatic heterocycles. The van der Waals surface area contributed by atoms with E-state index in [-0.39, 0.29) is 23.8 Å². The summed E-state index contributed by atoms with van der Waals surface area (Å²) in [4.78, 5) is 34.8. The number of hydrogen-bond donors (Lipinski definition) is 3. The molecule has 3 N–H and O–H groups in total. The minimum absolute atomic E-state index is 0.210. The SMILES string of the molecule is CC(NC(=O)CCc1ccc(C(=O)O)cc1)C(=O)NCc1ccccc1. The Hall–Kier alpha value is -3.15. The smallest absolute Gasteiger partial charge is 0.335 e. The number of rotatable bonds is 8. The van der Waals surface area contributed by atoms with E-state index in [1.54, 1.807) is 19.1 Å². The summed E-state index contributed by atoms with van der Waals surface area (Å²) in [5.74, 6) is -1.45. The second-order valence-corrected chi connectivity index (χ2v) is 5.99. The molecule has 0 fully saturated rings. The Labute approximate surface area is 152 Å². The zero-order valence-electron chi connectivity index (χ0n) is 14.6. The number of carboxylic acid groups (broad SMARTS) is 1. The highest BCUT2D eigenvalue weighted by Crippen LogP contribution is 2.07. The molecular formula is C20H22N2O4. The summed E-state index contributed by atoms with van der Waals surface area (Å²) < 4.78 is 0. The van der Waals surface area contributed by atoms with Gasteiger partial charge in [0.15, 0.2) is 0 Å². The van der Waals surface area contributed by atoms with Crippen molar-refractivity contribution in [2.24, 2.45) is 0 Å². The number of carbonyl (C=O) groups excluding carboxylic acids is 2. The number of benzene rings is 2. The fourth-order valence-electron chi connectivity index (χ4n) is 2.39. The van der Waals surface area contributed by atoms with E-state index in [2.05, 4.69) is 10.6 Å². The molecule has 0 saturated carbocycles. The van der Waals surface area contributed by atoms with E-state index in [1.807, 2.05) is 30.3 Å². The van der Waals surface area contributed by atoms with Crippen LogP contribution >= 0.6 is 0 Å². The highest BCUT2D eigenvalue weighted by molar-refractivity contribution is 5.88. The molecule has 0 heterocycles. The Morgan fingerprint density at radius 1 is 0.962 bits per heavy atom. The van der Waals surface area contributed by atoms with Gasteiger partial charge in [-0.2, -0.15) is 0 Å². The van der Waals surface area contributed by atoms with Gasteiger partial charge >= 0.3 is 5.97 Å². The molecule has 6 nitrogen and oxygen atoms in total. The number of carbonyl (C=O) groups is 3. The molecule has 2 rings (SSSR count). The van der Waals surface area contributed by atoms with Gasteiger partial charge in [0.1, 0.15) is 6.04 Å². The minimum Gasteiger partial charge on any atom is -0.478 e. The number of nitrogens with one attached hydrogen (secondary N) is 2. The van der Waals surface area contributed by atoms with E-state index in [1.165, 1.54) is 12.1 Å². The normalized spacial score (nSPS) is 11.4. The lowest BCUT2D eigenvalue weighted by molar-refractivity contribution is -0.128. The Balaban J connectivity index is 1.73. The molecule has 136 valence electrons. The van der Waals surface area contributed by atoms with Crippen molar-refractivity contribution in [3.8, 4) is 0 Å². The standard InChI is InChI=1S/C20H22N2O4/c1-14(19(24)21-13-16-5-3-2-4-6-16)22-18(23)12-9-15-7-10-17(11-8-15)20(25)26/h2-8,10-11,14H,9,12-13H2,1H3,(H,21,24)(H,22,23)(H,25,26). The molecule has 0 saturated heterocycles. The zero-order valence-corrected chi connectivity index (χ0v) is 14.6. The first-order chi connectivity index (χ1) is 12.5. The fourth-order valence-corrected chi connectivity index (χ4v) is 2.39. The van der Waals surface area contributed by atoms with Gasteiger partial charge in [-0.05, 0) is 36.6 Å². The van der Waals surface area contributed by atoms with Crippen LogP contribution in [-0.2, 0) is 22.6 Å². The summed E-state index contributed by atoms with van der Waals surface area (Å²) in [6, 6.07) is 15.3. The van der Waals surface area contributed by atoms with Gasteiger partial charge in [0, 0.05) is 13.0 Å². The van der Waals surface area contributed by atoms with E-state index in [0.717, 1.165) is 11.1 Å². The van der Waals surface area contributed by atoms with E-state index < -0.39 is 12.0 Å². The van der Waals surface area contributed by atoms with Gasteiger partial charge in [-0.3, -0.25) is 9.59 Å². The van der Waals surface area contributed by atoms with E-state index in [0.29, 0.717) is 13.0 Å². The van der Waals surface area contributed by atoms with Crippen LogP contribution in [0.3, 0.4) is 0 Å². The molecule has 2 amide bonds. The summed E-state index contributed by atoms with van der Waals surface area (Å²) in [6.07, 6.45) is 0.701. The van der Waals surface area contributed by atoms with Crippen LogP contribution in [0.15, 0.2) is 54.6 Å². The number of aromatic carboxylic acids is 1. The lowest BCUT2D eigenvalue weighted by Crippen LogP contribution is -2.44. The third-order valence-electron chi connectivity index (χ3n) is 3.92. The van der Waals surface area contributed by atoms with Gasteiger partial charge in [0.25, 0.3) is 0 Å². The molecule has 6 heteroatoms. The number of aryl methyl sites for hydroxylation is 1. The lowest BCUT2D eigenvalue weighted by atomic mass is 10.1. The molecule has 1 atom stereocenters. The quantitative estimate of drug-likeness (QED) is 0.677. The second kappa shape index (κ2) is 9.36. The third kappa shape index (κ3) is 6.05. The van der Waals surface area contributed by atoms with Crippen molar-refractivity contribution in [3.63, 3.8) is 0 Å². The largest absolute Gasteiger partial charge is 0.478 e. The average Bonchev–Trinajstić information content (AvgIpc) is 2.65. The van der Waals surface area contributed by atoms with Crippen molar-refractivity contribution in [1.82, 2.24) is 10.6 Å². The first-order valence-electron chi connectivity index (χ1n) is 8.39. The molecular weight excluding hydrogens is 332 g/mol. The van der Waals surface area contributed by atoms with Crippen LogP contribution in [0.2, 0.25) is 0 Å². The molecule has 26 heavy (non-hydrogen) atoms. The van der Waals surface area contributed by atoms with Crippen LogP contribution in [0.5, 0.6) is 0 Å². The summed E-state index contributed by atoms with van der Waals surface area (Å²) in [5, 5.41) is 14.3. The van der Waals surface area contributed by atoms with Crippen LogP contribution in [0, 0.1) is 0 Å². The van der Waals surface area contributed by atoms with Crippen molar-refractivity contribution in [2.45, 2.75) is 32.4 Å². The summed E-state index contributed by atoms with van der Waals surface area (Å²) in [6.45, 7) is 2.05. The van der Waals surface area contributed by atoms with Gasteiger partial charge in [-0.15, -0.1) is 0 Å². The Morgan fingerprint density at radius 3 is 2.23 bits per heavy atom. The second-order valence-electron chi connectivity index (χ2n) is 5.99. The van der Waals surface area contributed by atoms with Gasteiger partial charge < -0.3 is 15.7 Å². The first kappa shape index (κ1) is 19.2. The van der Waals surface area contributed by atoms with Gasteiger partial charge in [-0.1, -0.05) is 42.5 Å². The summed E-state index contributed by atoms with van der Waals surface area (Å²) in [7, 11) is 0. The van der Waals surface area contributed by atoms with Gasteiger partial charge in [-0.25, -0.2) is 4.79 Å². The average molecular weight is 354 g/mol. The molecule has 0 aliphatic heterocycles. The Morgan fingerprint density at radius 2 is 1.62 bits per heavy atom. The maximum absolute atomic E-state index is 12.0. The minimum atomic E-state index is -0.982. The lowest BCUT2D eigenvalue weighted by Gasteiger charge is -2.14. The molecule has 0 aliphatic rings. The predicted octanol–water partition coefficient (Wildman–Crippen LogP) is 2.14. The molecule has 2 aromatic rings. The van der Waals surface area contributed by atoms with Crippen molar-refractivity contribution >= 4 is 17.8 Å². The van der Waals surface area contributed by atoms with Crippen molar-refractivity contribution in [3.05, 3.63) is 71.3 Å². The molecule has 0 spiro atoms. The molecule has 0 bridgehead atoms. The topological polar surface area (TPSA) is 95.5 Å². The van der Waals surface area contributed by atoms with Gasteiger partial charge in [0.05, 0.1) is 5.56 Å². The third-order valence-corrected chi connectivity index (χ3v) is 3.92. The molecule has 1 unspecified atom stereocenters. The van der Waals surface area contributed by atoms with Crippen molar-refractivity contribution in [1.29, 1.82) is 0 Å². The predicted molar refractivity (Wildman–Crippen MR) is 97.6 cm³/mol. The van der Waals surface area contributed by atoms with E-state index in [9.17, 15) is 14.4 Å². The Kier molecular flexibility index (Phi) is 6.91. The fraction of sp³-hybridized carbons (Fsp3) is 0.250. The van der Waals surface area contributed by atoms with Crippen molar-refractivity contribution < 1.29 is 19.5 Å². The number of carboxylic acids is 1. The van der Waals surface area contributed by atoms with Crippen LogP contribution in [0.25, 0.3) is 0 Å². The molecule has 2 aromatic carbocycles. The Bertz CT molecular complexity index is 757. The van der Waals surface area contributed by atoms with Crippen LogP contribution in [0.4, 0.5) is 0 Å². The van der Waals surface area contributed by atoms with E-state index in [4.69, 9.17) is 5.11 Å². The highest BCUT2D eigenvalue weighted by Gasteiger charge is 2.15.